The Labute approximate surface area is 75.7 Å². The fraction of sp³-hybridized carbons (Fsp3) is 0. The molecule has 0 atom stereocenters. The molecule has 0 aliphatic heterocycles. The molecule has 0 aromatic carbocycles. The molecule has 0 saturated carbocycles. The molecule has 0 spiro atoms. The Kier molecular flexibility index (Phi) is 8.26. The molecular weight excluding hydrogens is 170 g/mol. The van der Waals surface area contributed by atoms with Gasteiger partial charge in [-0.3, -0.25) is 0 Å². The molecule has 0 fully saturated rings. The lowest BCUT2D eigenvalue weighted by molar-refractivity contribution is 0.503. The summed E-state index contributed by atoms with van der Waals surface area (Å²) in [7, 11) is 0. The summed E-state index contributed by atoms with van der Waals surface area (Å²) in [6.45, 7) is 0. The first-order valence-electron chi connectivity index (χ1n) is 3.25. The molecule has 0 radical (unpaired) electrons. The summed E-state index contributed by atoms with van der Waals surface area (Å²) in [6.07, 6.45) is 0.750. The number of hydrogen-bond donors (Lipinski definition) is 1. The molecule has 12 heavy (non-hydrogen) atoms. The van der Waals surface area contributed by atoms with Crippen LogP contribution in [0.15, 0.2) is 47.2 Å². The van der Waals surface area contributed by atoms with E-state index in [2.05, 4.69) is 0 Å². The van der Waals surface area contributed by atoms with Crippen molar-refractivity contribution in [2.24, 2.45) is 0 Å². The quantitative estimate of drug-likeness (QED) is 0.622. The van der Waals surface area contributed by atoms with Crippen molar-refractivity contribution in [3.63, 3.8) is 0 Å². The molecule has 0 aliphatic rings. The van der Waals surface area contributed by atoms with Crippen molar-refractivity contribution < 1.29 is 5.11 Å². The number of nitriles is 1. The third kappa shape index (κ3) is 8.47. The van der Waals surface area contributed by atoms with Gasteiger partial charge in [-0.15, -0.1) is 0 Å². The van der Waals surface area contributed by atoms with Crippen LogP contribution in [-0.4, -0.2) is 5.11 Å². The largest absolute Gasteiger partial charge is 0.443 e. The molecule has 1 aromatic heterocycles. The minimum atomic E-state index is 0.750. The van der Waals surface area contributed by atoms with Crippen LogP contribution >= 0.6 is 11.3 Å². The highest BCUT2D eigenvalue weighted by molar-refractivity contribution is 7.07. The van der Waals surface area contributed by atoms with Crippen molar-refractivity contribution in [1.82, 2.24) is 0 Å². The van der Waals surface area contributed by atoms with E-state index in [1.165, 1.54) is 0 Å². The van der Waals surface area contributed by atoms with Gasteiger partial charge >= 0.3 is 0 Å². The monoisotopic (exact) mass is 179 g/mol. The zero-order valence-corrected chi connectivity index (χ0v) is 7.24. The molecule has 2 nitrogen and oxygen atoms in total. The fourth-order valence-corrected chi connectivity index (χ4v) is 0.937. The summed E-state index contributed by atoms with van der Waals surface area (Å²) in [4.78, 5) is 0. The van der Waals surface area contributed by atoms with Crippen LogP contribution < -0.4 is 0 Å². The standard InChI is InChI=1S/C8H8S.CHNO/c1-2-4-6-8-9-7-5-3-1;2-1-3/h1-8H;3H. The van der Waals surface area contributed by atoms with Gasteiger partial charge in [-0.1, -0.05) is 36.4 Å². The number of aliphatic hydroxyl groups excluding tert-OH is 1. The first kappa shape index (κ1) is 10.5. The van der Waals surface area contributed by atoms with Gasteiger partial charge in [0.05, 0.1) is 0 Å². The van der Waals surface area contributed by atoms with Gasteiger partial charge in [-0.25, -0.2) is 0 Å². The van der Waals surface area contributed by atoms with Crippen molar-refractivity contribution in [2.75, 3.05) is 0 Å². The lowest BCUT2D eigenvalue weighted by atomic mass is 10.5. The maximum absolute atomic E-state index is 6.88. The molecule has 1 heterocycles. The Morgan fingerprint density at radius 1 is 0.917 bits per heavy atom. The number of aliphatic hydroxyl groups is 1. The number of nitrogens with zero attached hydrogens (tertiary/aromatic N) is 1. The summed E-state index contributed by atoms with van der Waals surface area (Å²) in [5.74, 6) is 0. The van der Waals surface area contributed by atoms with Crippen LogP contribution in [-0.2, 0) is 0 Å². The summed E-state index contributed by atoms with van der Waals surface area (Å²) in [6, 6.07) is 12.1. The first-order valence-corrected chi connectivity index (χ1v) is 4.19. The first-order chi connectivity index (χ1) is 5.91. The van der Waals surface area contributed by atoms with E-state index in [1.54, 1.807) is 11.3 Å². The van der Waals surface area contributed by atoms with E-state index in [0.29, 0.717) is 0 Å². The Morgan fingerprint density at radius 2 is 1.25 bits per heavy atom. The van der Waals surface area contributed by atoms with E-state index in [0.717, 1.165) is 6.26 Å². The van der Waals surface area contributed by atoms with Gasteiger partial charge in [-0.05, 0) is 10.8 Å². The third-order valence-electron chi connectivity index (χ3n) is 0.870. The molecule has 62 valence electrons. The Balaban J connectivity index is 0.000000354. The number of rotatable bonds is 0. The minimum Gasteiger partial charge on any atom is -0.443 e. The van der Waals surface area contributed by atoms with Crippen molar-refractivity contribution in [1.29, 1.82) is 5.26 Å². The van der Waals surface area contributed by atoms with Gasteiger partial charge in [0.25, 0.3) is 6.26 Å². The van der Waals surface area contributed by atoms with Crippen LogP contribution in [0.1, 0.15) is 0 Å². The summed E-state index contributed by atoms with van der Waals surface area (Å²) < 4.78 is 0. The van der Waals surface area contributed by atoms with Gasteiger partial charge < -0.3 is 5.11 Å². The molecule has 1 rings (SSSR count). The predicted molar refractivity (Wildman–Crippen MR) is 49.5 cm³/mol. The molecule has 0 amide bonds. The van der Waals surface area contributed by atoms with Gasteiger partial charge in [0.1, 0.15) is 0 Å². The lowest BCUT2D eigenvalue weighted by Crippen LogP contribution is -1.38. The highest BCUT2D eigenvalue weighted by Gasteiger charge is 1.58. The molecule has 0 saturated heterocycles. The van der Waals surface area contributed by atoms with Crippen molar-refractivity contribution in [3.05, 3.63) is 47.2 Å². The zero-order chi connectivity index (χ0) is 9.07. The van der Waals surface area contributed by atoms with Crippen LogP contribution in [0.25, 0.3) is 0 Å². The van der Waals surface area contributed by atoms with Crippen molar-refractivity contribution in [3.8, 4) is 6.26 Å². The molecule has 0 bridgehead atoms. The van der Waals surface area contributed by atoms with Gasteiger partial charge in [-0.2, -0.15) is 16.6 Å². The molecule has 3 heteroatoms. The van der Waals surface area contributed by atoms with E-state index in [4.69, 9.17) is 10.4 Å². The average Bonchev–Trinajstić information content (AvgIpc) is 2.19. The van der Waals surface area contributed by atoms with Crippen LogP contribution in [0.3, 0.4) is 0 Å². The van der Waals surface area contributed by atoms with E-state index < -0.39 is 0 Å². The summed E-state index contributed by atoms with van der Waals surface area (Å²) in [5, 5.41) is 17.8. The van der Waals surface area contributed by atoms with Crippen LogP contribution in [0, 0.1) is 11.5 Å². The van der Waals surface area contributed by atoms with Crippen molar-refractivity contribution in [2.45, 2.75) is 0 Å². The average molecular weight is 179 g/mol. The lowest BCUT2D eigenvalue weighted by Gasteiger charge is -1.59. The predicted octanol–water partition coefficient (Wildman–Crippen LogP) is 2.71. The number of hydrogen-bond acceptors (Lipinski definition) is 3. The highest BCUT2D eigenvalue weighted by atomic mass is 32.1. The molecule has 1 aromatic rings. The SMILES string of the molecule is N#CO.c1ccccsccc1. The van der Waals surface area contributed by atoms with E-state index in [-0.39, 0.29) is 0 Å². The van der Waals surface area contributed by atoms with E-state index in [9.17, 15) is 0 Å². The normalized spacial score (nSPS) is 6.58. The maximum Gasteiger partial charge on any atom is 0.283 e. The second kappa shape index (κ2) is 9.47. The Morgan fingerprint density at radius 3 is 1.67 bits per heavy atom. The molecule has 0 aliphatic carbocycles. The van der Waals surface area contributed by atoms with E-state index in [1.807, 2.05) is 47.2 Å². The minimum absolute atomic E-state index is 0.750. The summed E-state index contributed by atoms with van der Waals surface area (Å²) >= 11 is 1.68. The topological polar surface area (TPSA) is 44.0 Å². The fourth-order valence-electron chi connectivity index (χ4n) is 0.483. The second-order valence-electron chi connectivity index (χ2n) is 1.66. The van der Waals surface area contributed by atoms with Crippen LogP contribution in [0.4, 0.5) is 0 Å². The van der Waals surface area contributed by atoms with Crippen LogP contribution in [0.5, 0.6) is 0 Å². The highest BCUT2D eigenvalue weighted by Crippen LogP contribution is 1.88. The molecule has 0 unspecified atom stereocenters. The molecular formula is C9H9NOS. The smallest absolute Gasteiger partial charge is 0.283 e. The van der Waals surface area contributed by atoms with Crippen molar-refractivity contribution >= 4 is 11.3 Å². The maximum atomic E-state index is 6.88. The molecule has 1 N–H and O–H groups in total. The van der Waals surface area contributed by atoms with Crippen LogP contribution in [0.2, 0.25) is 0 Å². The van der Waals surface area contributed by atoms with E-state index >= 15 is 0 Å². The van der Waals surface area contributed by atoms with Gasteiger partial charge in [0, 0.05) is 0 Å². The summed E-state index contributed by atoms with van der Waals surface area (Å²) in [5.41, 5.74) is 0. The van der Waals surface area contributed by atoms with Gasteiger partial charge in [0.2, 0.25) is 0 Å². The Hall–Kier alpha value is -1.53. The van der Waals surface area contributed by atoms with Gasteiger partial charge in [0.15, 0.2) is 0 Å². The Bertz CT molecular complexity index is 201. The zero-order valence-electron chi connectivity index (χ0n) is 6.42. The third-order valence-corrected chi connectivity index (χ3v) is 1.50. The second-order valence-corrected chi connectivity index (χ2v) is 2.48.